The molecule has 26 heavy (non-hydrogen) atoms. The van der Waals surface area contributed by atoms with Crippen molar-refractivity contribution in [1.82, 2.24) is 4.90 Å². The number of methoxy groups -OCH3 is 1. The van der Waals surface area contributed by atoms with Gasteiger partial charge in [0.1, 0.15) is 11.5 Å². The summed E-state index contributed by atoms with van der Waals surface area (Å²) in [5, 5.41) is 9.22. The number of hydrogen-bond donors (Lipinski definition) is 0. The third-order valence-electron chi connectivity index (χ3n) is 4.63. The molecule has 1 aliphatic heterocycles. The van der Waals surface area contributed by atoms with E-state index < -0.39 is 0 Å². The lowest BCUT2D eigenvalue weighted by Crippen LogP contribution is -2.41. The third-order valence-corrected chi connectivity index (χ3v) is 4.63. The smallest absolute Gasteiger partial charge is 0.255 e. The fourth-order valence-electron chi connectivity index (χ4n) is 3.21. The molecule has 5 nitrogen and oxygen atoms in total. The average Bonchev–Trinajstić information content (AvgIpc) is 2.72. The Morgan fingerprint density at radius 1 is 1.19 bits per heavy atom. The average molecular weight is 350 g/mol. The van der Waals surface area contributed by atoms with Crippen molar-refractivity contribution in [3.05, 3.63) is 59.7 Å². The lowest BCUT2D eigenvalue weighted by Gasteiger charge is -2.33. The normalized spacial score (nSPS) is 16.6. The summed E-state index contributed by atoms with van der Waals surface area (Å²) in [6, 6.07) is 16.6. The number of benzene rings is 2. The van der Waals surface area contributed by atoms with Crippen molar-refractivity contribution in [2.24, 2.45) is 5.92 Å². The van der Waals surface area contributed by atoms with Crippen molar-refractivity contribution in [1.29, 1.82) is 5.26 Å². The van der Waals surface area contributed by atoms with Crippen molar-refractivity contribution in [3.8, 4) is 17.6 Å². The van der Waals surface area contributed by atoms with E-state index in [2.05, 4.69) is 6.07 Å². The van der Waals surface area contributed by atoms with Crippen molar-refractivity contribution in [2.75, 3.05) is 26.8 Å². The van der Waals surface area contributed by atoms with Crippen LogP contribution >= 0.6 is 0 Å². The van der Waals surface area contributed by atoms with Gasteiger partial charge in [-0.15, -0.1) is 0 Å². The first kappa shape index (κ1) is 17.8. The SMILES string of the molecule is COc1ccc(OC[C@H]2CCCN(C(=O)c3ccccc3C#N)C2)cc1. The molecule has 1 heterocycles. The van der Waals surface area contributed by atoms with Gasteiger partial charge in [-0.2, -0.15) is 5.26 Å². The van der Waals surface area contributed by atoms with Gasteiger partial charge >= 0.3 is 0 Å². The van der Waals surface area contributed by atoms with Gasteiger partial charge in [-0.25, -0.2) is 0 Å². The first-order chi connectivity index (χ1) is 12.7. The molecular formula is C21H22N2O3. The van der Waals surface area contributed by atoms with Gasteiger partial charge in [0.05, 0.1) is 30.9 Å². The Balaban J connectivity index is 1.60. The molecule has 2 aromatic rings. The molecule has 1 saturated heterocycles. The van der Waals surface area contributed by atoms with E-state index in [4.69, 9.17) is 9.47 Å². The van der Waals surface area contributed by atoms with Gasteiger partial charge in [-0.1, -0.05) is 12.1 Å². The highest BCUT2D eigenvalue weighted by molar-refractivity contribution is 5.96. The topological polar surface area (TPSA) is 62.6 Å². The molecule has 0 saturated carbocycles. The van der Waals surface area contributed by atoms with E-state index in [1.807, 2.05) is 29.2 Å². The molecule has 134 valence electrons. The molecule has 0 aliphatic carbocycles. The minimum absolute atomic E-state index is 0.0729. The standard InChI is InChI=1S/C21H22N2O3/c1-25-18-8-10-19(11-9-18)26-15-16-5-4-12-23(14-16)21(24)20-7-3-2-6-17(20)13-22/h2-3,6-11,16H,4-5,12,14-15H2,1H3/t16-/m0/s1. The largest absolute Gasteiger partial charge is 0.497 e. The number of hydrogen-bond acceptors (Lipinski definition) is 4. The van der Waals surface area contributed by atoms with E-state index in [9.17, 15) is 10.1 Å². The predicted octanol–water partition coefficient (Wildman–Crippen LogP) is 3.50. The first-order valence-electron chi connectivity index (χ1n) is 8.76. The summed E-state index contributed by atoms with van der Waals surface area (Å²) in [5.41, 5.74) is 0.904. The van der Waals surface area contributed by atoms with Gasteiger partial charge < -0.3 is 14.4 Å². The molecule has 0 N–H and O–H groups in total. The summed E-state index contributed by atoms with van der Waals surface area (Å²) in [4.78, 5) is 14.6. The zero-order chi connectivity index (χ0) is 18.4. The van der Waals surface area contributed by atoms with Crippen molar-refractivity contribution in [2.45, 2.75) is 12.8 Å². The van der Waals surface area contributed by atoms with Crippen LogP contribution in [0.3, 0.4) is 0 Å². The molecule has 3 rings (SSSR count). The lowest BCUT2D eigenvalue weighted by atomic mass is 9.97. The van der Waals surface area contributed by atoms with Crippen LogP contribution in [0.4, 0.5) is 0 Å². The number of likely N-dealkylation sites (tertiary alicyclic amines) is 1. The van der Waals surface area contributed by atoms with Crippen LogP contribution in [0.1, 0.15) is 28.8 Å². The Labute approximate surface area is 153 Å². The highest BCUT2D eigenvalue weighted by Crippen LogP contribution is 2.22. The highest BCUT2D eigenvalue weighted by Gasteiger charge is 2.26. The van der Waals surface area contributed by atoms with Crippen LogP contribution < -0.4 is 9.47 Å². The second kappa shape index (κ2) is 8.39. The molecule has 0 aromatic heterocycles. The van der Waals surface area contributed by atoms with Gasteiger partial charge in [0.25, 0.3) is 5.91 Å². The van der Waals surface area contributed by atoms with Crippen LogP contribution in [-0.4, -0.2) is 37.6 Å². The number of rotatable bonds is 5. The molecule has 1 atom stereocenters. The third kappa shape index (κ3) is 4.15. The van der Waals surface area contributed by atoms with Crippen LogP contribution in [0.15, 0.2) is 48.5 Å². The summed E-state index contributed by atoms with van der Waals surface area (Å²) in [5.74, 6) is 1.80. The van der Waals surface area contributed by atoms with Crippen molar-refractivity contribution < 1.29 is 14.3 Å². The highest BCUT2D eigenvalue weighted by atomic mass is 16.5. The number of piperidine rings is 1. The number of ether oxygens (including phenoxy) is 2. The van der Waals surface area contributed by atoms with Gasteiger partial charge in [-0.3, -0.25) is 4.79 Å². The molecule has 1 aliphatic rings. The Bertz CT molecular complexity index is 796. The van der Waals surface area contributed by atoms with Crippen LogP contribution in [0.25, 0.3) is 0 Å². The van der Waals surface area contributed by atoms with E-state index in [-0.39, 0.29) is 11.8 Å². The zero-order valence-electron chi connectivity index (χ0n) is 14.9. The minimum atomic E-state index is -0.0729. The van der Waals surface area contributed by atoms with Gasteiger partial charge in [0.2, 0.25) is 0 Å². The van der Waals surface area contributed by atoms with Crippen LogP contribution in [0.5, 0.6) is 11.5 Å². The monoisotopic (exact) mass is 350 g/mol. The van der Waals surface area contributed by atoms with Crippen molar-refractivity contribution in [3.63, 3.8) is 0 Å². The molecule has 0 bridgehead atoms. The fourth-order valence-corrected chi connectivity index (χ4v) is 3.21. The first-order valence-corrected chi connectivity index (χ1v) is 8.76. The Morgan fingerprint density at radius 3 is 2.65 bits per heavy atom. The molecule has 1 fully saturated rings. The summed E-state index contributed by atoms with van der Waals surface area (Å²) < 4.78 is 11.0. The predicted molar refractivity (Wildman–Crippen MR) is 98.3 cm³/mol. The maximum absolute atomic E-state index is 12.8. The molecule has 0 spiro atoms. The van der Waals surface area contributed by atoms with Gasteiger partial charge in [0, 0.05) is 19.0 Å². The van der Waals surface area contributed by atoms with Crippen molar-refractivity contribution >= 4 is 5.91 Å². The summed E-state index contributed by atoms with van der Waals surface area (Å²) in [6.07, 6.45) is 1.97. The summed E-state index contributed by atoms with van der Waals surface area (Å²) >= 11 is 0. The second-order valence-corrected chi connectivity index (χ2v) is 6.40. The molecule has 1 amide bonds. The Kier molecular flexibility index (Phi) is 5.75. The summed E-state index contributed by atoms with van der Waals surface area (Å²) in [7, 11) is 1.63. The molecule has 5 heteroatoms. The molecular weight excluding hydrogens is 328 g/mol. The molecule has 2 aromatic carbocycles. The maximum Gasteiger partial charge on any atom is 0.255 e. The van der Waals surface area contributed by atoms with Gasteiger partial charge in [0.15, 0.2) is 0 Å². The van der Waals surface area contributed by atoms with Crippen LogP contribution in [-0.2, 0) is 0 Å². The molecule has 0 unspecified atom stereocenters. The summed E-state index contributed by atoms with van der Waals surface area (Å²) in [6.45, 7) is 1.93. The van der Waals surface area contributed by atoms with E-state index >= 15 is 0 Å². The second-order valence-electron chi connectivity index (χ2n) is 6.40. The quantitative estimate of drug-likeness (QED) is 0.828. The van der Waals surface area contributed by atoms with E-state index in [0.717, 1.165) is 30.9 Å². The van der Waals surface area contributed by atoms with Gasteiger partial charge in [-0.05, 0) is 49.2 Å². The Hall–Kier alpha value is -3.00. The van der Waals surface area contributed by atoms with Crippen LogP contribution in [0, 0.1) is 17.2 Å². The van der Waals surface area contributed by atoms with E-state index in [1.54, 1.807) is 31.4 Å². The minimum Gasteiger partial charge on any atom is -0.497 e. The zero-order valence-corrected chi connectivity index (χ0v) is 14.9. The molecule has 0 radical (unpaired) electrons. The lowest BCUT2D eigenvalue weighted by molar-refractivity contribution is 0.0633. The number of nitrogens with zero attached hydrogens (tertiary/aromatic N) is 2. The number of carbonyl (C=O) groups is 1. The number of amides is 1. The number of carbonyl (C=O) groups excluding carboxylic acids is 1. The van der Waals surface area contributed by atoms with E-state index in [0.29, 0.717) is 24.3 Å². The maximum atomic E-state index is 12.8. The number of nitriles is 1. The fraction of sp³-hybridized carbons (Fsp3) is 0.333. The van der Waals surface area contributed by atoms with E-state index in [1.165, 1.54) is 0 Å². The van der Waals surface area contributed by atoms with Crippen LogP contribution in [0.2, 0.25) is 0 Å². The Morgan fingerprint density at radius 2 is 1.92 bits per heavy atom.